The molecule has 1 aromatic rings. The molecule has 0 radical (unpaired) electrons. The second-order valence-electron chi connectivity index (χ2n) is 3.35. The molecule has 1 atom stereocenters. The highest BCUT2D eigenvalue weighted by molar-refractivity contribution is 5.23. The first-order valence-corrected chi connectivity index (χ1v) is 4.55. The van der Waals surface area contributed by atoms with Crippen LogP contribution in [0.2, 0.25) is 0 Å². The Morgan fingerprint density at radius 2 is 2.00 bits per heavy atom. The second kappa shape index (κ2) is 4.27. The lowest BCUT2D eigenvalue weighted by Gasteiger charge is -2.06. The first-order valence-electron chi connectivity index (χ1n) is 4.55. The molecule has 1 rings (SSSR count). The van der Waals surface area contributed by atoms with Gasteiger partial charge in [0.05, 0.1) is 0 Å². The molecule has 0 spiro atoms. The van der Waals surface area contributed by atoms with Crippen molar-refractivity contribution >= 4 is 0 Å². The molecule has 0 saturated heterocycles. The second-order valence-corrected chi connectivity index (χ2v) is 3.35. The number of aryl methyl sites for hydroxylation is 1. The van der Waals surface area contributed by atoms with Gasteiger partial charge in [-0.25, -0.2) is 0 Å². The minimum atomic E-state index is 0.261. The van der Waals surface area contributed by atoms with Crippen LogP contribution in [0, 0.1) is 0 Å². The molecule has 0 amide bonds. The topological polar surface area (TPSA) is 26.0 Å². The van der Waals surface area contributed by atoms with Crippen molar-refractivity contribution in [3.8, 4) is 0 Å². The number of hydrogen-bond donors (Lipinski definition) is 1. The van der Waals surface area contributed by atoms with Crippen molar-refractivity contribution in [2.24, 2.45) is 5.73 Å². The summed E-state index contributed by atoms with van der Waals surface area (Å²) >= 11 is 0. The van der Waals surface area contributed by atoms with Crippen molar-refractivity contribution in [2.75, 3.05) is 0 Å². The van der Waals surface area contributed by atoms with Crippen LogP contribution in [0.25, 0.3) is 0 Å². The van der Waals surface area contributed by atoms with E-state index in [1.807, 2.05) is 6.92 Å². The first kappa shape index (κ1) is 9.27. The molecule has 0 aliphatic heterocycles. The lowest BCUT2D eigenvalue weighted by Crippen LogP contribution is -2.17. The van der Waals surface area contributed by atoms with E-state index < -0.39 is 0 Å². The van der Waals surface area contributed by atoms with Gasteiger partial charge < -0.3 is 5.73 Å². The lowest BCUT2D eigenvalue weighted by molar-refractivity contribution is 0.737. The van der Waals surface area contributed by atoms with E-state index in [2.05, 4.69) is 31.2 Å². The first-order chi connectivity index (χ1) is 5.72. The van der Waals surface area contributed by atoms with E-state index in [4.69, 9.17) is 5.73 Å². The Morgan fingerprint density at radius 1 is 1.33 bits per heavy atom. The molecule has 2 N–H and O–H groups in total. The molecule has 1 heteroatoms. The minimum absolute atomic E-state index is 0.261. The van der Waals surface area contributed by atoms with Crippen molar-refractivity contribution in [3.63, 3.8) is 0 Å². The Morgan fingerprint density at radius 3 is 2.58 bits per heavy atom. The van der Waals surface area contributed by atoms with Crippen LogP contribution in [0.4, 0.5) is 0 Å². The molecular formula is C11H17N. The van der Waals surface area contributed by atoms with Gasteiger partial charge in [0.1, 0.15) is 0 Å². The van der Waals surface area contributed by atoms with Gasteiger partial charge in [-0.2, -0.15) is 0 Å². The molecule has 1 aromatic carbocycles. The quantitative estimate of drug-likeness (QED) is 0.726. The molecule has 1 nitrogen and oxygen atoms in total. The SMILES string of the molecule is CCc1cccc(C[C@H](C)N)c1. The molecule has 0 aliphatic rings. The maximum atomic E-state index is 5.72. The molecule has 0 unspecified atom stereocenters. The van der Waals surface area contributed by atoms with Crippen molar-refractivity contribution in [2.45, 2.75) is 32.7 Å². The molecule has 0 saturated carbocycles. The number of rotatable bonds is 3. The summed E-state index contributed by atoms with van der Waals surface area (Å²) in [7, 11) is 0. The van der Waals surface area contributed by atoms with E-state index in [-0.39, 0.29) is 6.04 Å². The van der Waals surface area contributed by atoms with Gasteiger partial charge in [-0.1, -0.05) is 31.2 Å². The molecule has 12 heavy (non-hydrogen) atoms. The number of hydrogen-bond acceptors (Lipinski definition) is 1. The van der Waals surface area contributed by atoms with Gasteiger partial charge in [0.25, 0.3) is 0 Å². The van der Waals surface area contributed by atoms with Crippen LogP contribution in [-0.4, -0.2) is 6.04 Å². The summed E-state index contributed by atoms with van der Waals surface area (Å²) in [6, 6.07) is 8.91. The fourth-order valence-electron chi connectivity index (χ4n) is 1.35. The Kier molecular flexibility index (Phi) is 3.30. The summed E-state index contributed by atoms with van der Waals surface area (Å²) in [6.07, 6.45) is 2.08. The number of nitrogens with two attached hydrogens (primary N) is 1. The van der Waals surface area contributed by atoms with E-state index in [1.165, 1.54) is 11.1 Å². The highest BCUT2D eigenvalue weighted by Crippen LogP contribution is 2.07. The summed E-state index contributed by atoms with van der Waals surface area (Å²) in [5.41, 5.74) is 8.46. The van der Waals surface area contributed by atoms with Gasteiger partial charge in [0.15, 0.2) is 0 Å². The highest BCUT2D eigenvalue weighted by atomic mass is 14.6. The normalized spacial score (nSPS) is 12.9. The monoisotopic (exact) mass is 163 g/mol. The molecule has 0 fully saturated rings. The third kappa shape index (κ3) is 2.67. The summed E-state index contributed by atoms with van der Waals surface area (Å²) in [5.74, 6) is 0. The van der Waals surface area contributed by atoms with Gasteiger partial charge >= 0.3 is 0 Å². The van der Waals surface area contributed by atoms with E-state index in [0.717, 1.165) is 12.8 Å². The van der Waals surface area contributed by atoms with Crippen LogP contribution in [0.15, 0.2) is 24.3 Å². The summed E-state index contributed by atoms with van der Waals surface area (Å²) < 4.78 is 0. The third-order valence-corrected chi connectivity index (χ3v) is 1.96. The average molecular weight is 163 g/mol. The fraction of sp³-hybridized carbons (Fsp3) is 0.455. The Hall–Kier alpha value is -0.820. The molecule has 0 bridgehead atoms. The van der Waals surface area contributed by atoms with Crippen LogP contribution in [0.1, 0.15) is 25.0 Å². The molecule has 0 heterocycles. The smallest absolute Gasteiger partial charge is 0.00509 e. The van der Waals surface area contributed by atoms with Gasteiger partial charge in [-0.05, 0) is 30.9 Å². The predicted octanol–water partition coefficient (Wildman–Crippen LogP) is 2.14. The van der Waals surface area contributed by atoms with Gasteiger partial charge in [0, 0.05) is 6.04 Å². The van der Waals surface area contributed by atoms with E-state index >= 15 is 0 Å². The maximum absolute atomic E-state index is 5.72. The van der Waals surface area contributed by atoms with E-state index in [0.29, 0.717) is 0 Å². The largest absolute Gasteiger partial charge is 0.328 e. The zero-order valence-electron chi connectivity index (χ0n) is 7.88. The van der Waals surface area contributed by atoms with Crippen LogP contribution < -0.4 is 5.73 Å². The van der Waals surface area contributed by atoms with Gasteiger partial charge in [0.2, 0.25) is 0 Å². The van der Waals surface area contributed by atoms with Crippen LogP contribution >= 0.6 is 0 Å². The van der Waals surface area contributed by atoms with Crippen LogP contribution in [0.5, 0.6) is 0 Å². The molecular weight excluding hydrogens is 146 g/mol. The molecule has 0 aromatic heterocycles. The zero-order valence-corrected chi connectivity index (χ0v) is 7.88. The van der Waals surface area contributed by atoms with Crippen LogP contribution in [-0.2, 0) is 12.8 Å². The molecule has 0 aliphatic carbocycles. The Bertz CT molecular complexity index is 241. The van der Waals surface area contributed by atoms with Crippen molar-refractivity contribution in [1.29, 1.82) is 0 Å². The average Bonchev–Trinajstić information content (AvgIpc) is 2.03. The maximum Gasteiger partial charge on any atom is 0.00509 e. The van der Waals surface area contributed by atoms with Crippen LogP contribution in [0.3, 0.4) is 0 Å². The van der Waals surface area contributed by atoms with Crippen molar-refractivity contribution in [1.82, 2.24) is 0 Å². The minimum Gasteiger partial charge on any atom is -0.328 e. The summed E-state index contributed by atoms with van der Waals surface area (Å²) in [5, 5.41) is 0. The lowest BCUT2D eigenvalue weighted by atomic mass is 10.0. The fourth-order valence-corrected chi connectivity index (χ4v) is 1.35. The summed E-state index contributed by atoms with van der Waals surface area (Å²) in [4.78, 5) is 0. The van der Waals surface area contributed by atoms with E-state index in [1.54, 1.807) is 0 Å². The van der Waals surface area contributed by atoms with Crippen molar-refractivity contribution in [3.05, 3.63) is 35.4 Å². The number of benzene rings is 1. The van der Waals surface area contributed by atoms with E-state index in [9.17, 15) is 0 Å². The van der Waals surface area contributed by atoms with Gasteiger partial charge in [-0.3, -0.25) is 0 Å². The Balaban J connectivity index is 2.72. The highest BCUT2D eigenvalue weighted by Gasteiger charge is 1.97. The van der Waals surface area contributed by atoms with Crippen molar-refractivity contribution < 1.29 is 0 Å². The molecule has 66 valence electrons. The predicted molar refractivity (Wildman–Crippen MR) is 53.2 cm³/mol. The zero-order chi connectivity index (χ0) is 8.97. The summed E-state index contributed by atoms with van der Waals surface area (Å²) in [6.45, 7) is 4.21. The standard InChI is InChI=1S/C11H17N/c1-3-10-5-4-6-11(8-10)7-9(2)12/h4-6,8-9H,3,7,12H2,1-2H3/t9-/m0/s1. The Labute approximate surface area is 74.6 Å². The van der Waals surface area contributed by atoms with Gasteiger partial charge in [-0.15, -0.1) is 0 Å². The third-order valence-electron chi connectivity index (χ3n) is 1.96.